The lowest BCUT2D eigenvalue weighted by Gasteiger charge is -2.34. The molecule has 5 rings (SSSR count). The van der Waals surface area contributed by atoms with Crippen LogP contribution in [0, 0.1) is 5.92 Å². The van der Waals surface area contributed by atoms with Gasteiger partial charge in [-0.15, -0.1) is 0 Å². The molecule has 1 fully saturated rings. The number of carbonyl (C=O) groups is 1. The fourth-order valence-corrected chi connectivity index (χ4v) is 4.36. The van der Waals surface area contributed by atoms with Gasteiger partial charge in [0.2, 0.25) is 0 Å². The fraction of sp³-hybridized carbons (Fsp3) is 0.320. The summed E-state index contributed by atoms with van der Waals surface area (Å²) in [6, 6.07) is 11.7. The summed E-state index contributed by atoms with van der Waals surface area (Å²) in [5.41, 5.74) is 4.74. The molecule has 3 N–H and O–H groups in total. The van der Waals surface area contributed by atoms with Crippen LogP contribution in [0.4, 0.5) is 5.82 Å². The molecule has 7 nitrogen and oxygen atoms in total. The van der Waals surface area contributed by atoms with Crippen LogP contribution in [0.5, 0.6) is 5.75 Å². The van der Waals surface area contributed by atoms with Crippen molar-refractivity contribution >= 4 is 11.7 Å². The van der Waals surface area contributed by atoms with Crippen LogP contribution in [-0.2, 0) is 13.0 Å². The van der Waals surface area contributed by atoms with Gasteiger partial charge in [-0.2, -0.15) is 0 Å². The van der Waals surface area contributed by atoms with E-state index in [-0.39, 0.29) is 18.6 Å². The molecule has 2 aromatic heterocycles. The van der Waals surface area contributed by atoms with E-state index < -0.39 is 0 Å². The zero-order chi connectivity index (χ0) is 21.9. The van der Waals surface area contributed by atoms with E-state index in [2.05, 4.69) is 20.6 Å². The van der Waals surface area contributed by atoms with Crippen LogP contribution in [0.3, 0.4) is 0 Å². The number of nitrogens with zero attached hydrogens (tertiary/aromatic N) is 2. The fourth-order valence-electron chi connectivity index (χ4n) is 4.36. The molecule has 0 spiro atoms. The van der Waals surface area contributed by atoms with Crippen molar-refractivity contribution in [2.24, 2.45) is 5.92 Å². The number of aliphatic hydroxyl groups excluding tert-OH is 1. The number of carbonyl (C=O) groups excluding carboxylic acids is 1. The average Bonchev–Trinajstić information content (AvgIpc) is 3.30. The first kappa shape index (κ1) is 20.5. The molecule has 3 aromatic rings. The Morgan fingerprint density at radius 1 is 1.19 bits per heavy atom. The maximum atomic E-state index is 12.6. The van der Waals surface area contributed by atoms with Gasteiger partial charge >= 0.3 is 0 Å². The van der Waals surface area contributed by atoms with E-state index in [1.165, 1.54) is 0 Å². The first-order valence-electron chi connectivity index (χ1n) is 11.0. The first-order valence-corrected chi connectivity index (χ1v) is 11.0. The lowest BCUT2D eigenvalue weighted by atomic mass is 9.81. The van der Waals surface area contributed by atoms with Crippen LogP contribution in [0.25, 0.3) is 11.1 Å². The van der Waals surface area contributed by atoms with Gasteiger partial charge in [0.15, 0.2) is 0 Å². The second-order valence-electron chi connectivity index (χ2n) is 8.41. The summed E-state index contributed by atoms with van der Waals surface area (Å²) in [5, 5.41) is 15.6. The van der Waals surface area contributed by atoms with Gasteiger partial charge in [-0.1, -0.05) is 12.1 Å². The summed E-state index contributed by atoms with van der Waals surface area (Å²) in [5.74, 6) is 1.94. The molecule has 0 saturated heterocycles. The maximum absolute atomic E-state index is 12.6. The molecular weight excluding hydrogens is 404 g/mol. The number of anilines is 1. The van der Waals surface area contributed by atoms with Crippen LogP contribution in [0.15, 0.2) is 55.0 Å². The number of ether oxygens (including phenoxy) is 1. The highest BCUT2D eigenvalue weighted by Crippen LogP contribution is 2.39. The molecule has 1 aliphatic heterocycles. The minimum Gasteiger partial charge on any atom is -0.492 e. The number of fused-ring (bicyclic) bond motifs is 1. The number of hydrogen-bond donors (Lipinski definition) is 3. The highest BCUT2D eigenvalue weighted by molar-refractivity contribution is 5.94. The summed E-state index contributed by atoms with van der Waals surface area (Å²) >= 11 is 0. The molecule has 0 unspecified atom stereocenters. The number of benzene rings is 1. The normalized spacial score (nSPS) is 18.9. The summed E-state index contributed by atoms with van der Waals surface area (Å²) in [6.45, 7) is 1.40. The molecule has 1 aliphatic carbocycles. The Morgan fingerprint density at radius 3 is 2.84 bits per heavy atom. The van der Waals surface area contributed by atoms with Crippen molar-refractivity contribution < 1.29 is 14.6 Å². The Hall–Kier alpha value is -3.45. The molecule has 0 atom stereocenters. The molecule has 164 valence electrons. The van der Waals surface area contributed by atoms with Crippen LogP contribution in [0.2, 0.25) is 0 Å². The average molecular weight is 431 g/mol. The molecule has 32 heavy (non-hydrogen) atoms. The predicted octanol–water partition coefficient (Wildman–Crippen LogP) is 3.19. The van der Waals surface area contributed by atoms with Crippen molar-refractivity contribution in [3.63, 3.8) is 0 Å². The van der Waals surface area contributed by atoms with E-state index in [0.717, 1.165) is 53.1 Å². The first-order chi connectivity index (χ1) is 15.7. The van der Waals surface area contributed by atoms with Gasteiger partial charge < -0.3 is 20.5 Å². The molecular formula is C25H26N4O3. The SMILES string of the molecule is O=C(NC1CC(CO)C1)c1cccc(CNc2ncc(-c3ccncc3)c3c2CCO3)c1. The van der Waals surface area contributed by atoms with Gasteiger partial charge in [-0.05, 0) is 54.2 Å². The Bertz CT molecular complexity index is 1110. The standard InChI is InChI=1S/C25H26N4O3/c30-15-17-11-20(12-17)29-25(31)19-3-1-2-16(10-19)13-27-24-21-6-9-32-23(21)22(14-28-24)18-4-7-26-8-5-18/h1-5,7-8,10,14,17,20,30H,6,9,11-13,15H2,(H,27,28)(H,29,31). The quantitative estimate of drug-likeness (QED) is 0.533. The van der Waals surface area contributed by atoms with Gasteiger partial charge in [-0.3, -0.25) is 9.78 Å². The Kier molecular flexibility index (Phi) is 5.73. The number of amides is 1. The van der Waals surface area contributed by atoms with Gasteiger partial charge in [0.1, 0.15) is 11.6 Å². The third-order valence-electron chi connectivity index (χ3n) is 6.20. The van der Waals surface area contributed by atoms with Crippen molar-refractivity contribution in [1.29, 1.82) is 0 Å². The highest BCUT2D eigenvalue weighted by Gasteiger charge is 2.29. The van der Waals surface area contributed by atoms with Crippen molar-refractivity contribution in [3.8, 4) is 16.9 Å². The summed E-state index contributed by atoms with van der Waals surface area (Å²) in [7, 11) is 0. The van der Waals surface area contributed by atoms with Crippen molar-refractivity contribution in [2.45, 2.75) is 31.8 Å². The number of pyridine rings is 2. The minimum atomic E-state index is -0.0673. The van der Waals surface area contributed by atoms with Crippen LogP contribution in [0.1, 0.15) is 34.3 Å². The number of rotatable bonds is 7. The van der Waals surface area contributed by atoms with Gasteiger partial charge in [0.25, 0.3) is 5.91 Å². The monoisotopic (exact) mass is 430 g/mol. The minimum absolute atomic E-state index is 0.0673. The van der Waals surface area contributed by atoms with Gasteiger partial charge in [-0.25, -0.2) is 4.98 Å². The lowest BCUT2D eigenvalue weighted by Crippen LogP contribution is -2.45. The van der Waals surface area contributed by atoms with Crippen molar-refractivity contribution in [1.82, 2.24) is 15.3 Å². The highest BCUT2D eigenvalue weighted by atomic mass is 16.5. The van der Waals surface area contributed by atoms with Crippen molar-refractivity contribution in [3.05, 3.63) is 71.7 Å². The molecule has 1 amide bonds. The molecule has 0 radical (unpaired) electrons. The van der Waals surface area contributed by atoms with Gasteiger partial charge in [0, 0.05) is 60.9 Å². The summed E-state index contributed by atoms with van der Waals surface area (Å²) < 4.78 is 5.93. The number of aliphatic hydroxyl groups is 1. The van der Waals surface area contributed by atoms with Crippen LogP contribution >= 0.6 is 0 Å². The molecule has 1 aromatic carbocycles. The number of nitrogens with one attached hydrogen (secondary N) is 2. The number of aromatic nitrogens is 2. The van der Waals surface area contributed by atoms with E-state index in [9.17, 15) is 4.79 Å². The lowest BCUT2D eigenvalue weighted by molar-refractivity contribution is 0.0832. The zero-order valence-corrected chi connectivity index (χ0v) is 17.8. The van der Waals surface area contributed by atoms with E-state index >= 15 is 0 Å². The summed E-state index contributed by atoms with van der Waals surface area (Å²) in [6.07, 6.45) is 7.87. The van der Waals surface area contributed by atoms with E-state index in [1.807, 2.05) is 42.6 Å². The molecule has 2 aliphatic rings. The topological polar surface area (TPSA) is 96.4 Å². The van der Waals surface area contributed by atoms with Crippen LogP contribution in [-0.4, -0.2) is 40.2 Å². The molecule has 1 saturated carbocycles. The van der Waals surface area contributed by atoms with E-state index in [1.54, 1.807) is 12.4 Å². The second-order valence-corrected chi connectivity index (χ2v) is 8.41. The van der Waals surface area contributed by atoms with E-state index in [4.69, 9.17) is 9.84 Å². The Morgan fingerprint density at radius 2 is 2.03 bits per heavy atom. The van der Waals surface area contributed by atoms with Crippen LogP contribution < -0.4 is 15.4 Å². The van der Waals surface area contributed by atoms with E-state index in [0.29, 0.717) is 24.6 Å². The molecule has 3 heterocycles. The van der Waals surface area contributed by atoms with Crippen molar-refractivity contribution in [2.75, 3.05) is 18.5 Å². The third-order valence-corrected chi connectivity index (χ3v) is 6.20. The largest absolute Gasteiger partial charge is 0.492 e. The summed E-state index contributed by atoms with van der Waals surface area (Å²) in [4.78, 5) is 21.3. The number of hydrogen-bond acceptors (Lipinski definition) is 6. The Labute approximate surface area is 186 Å². The predicted molar refractivity (Wildman–Crippen MR) is 121 cm³/mol. The Balaban J connectivity index is 1.27. The zero-order valence-electron chi connectivity index (χ0n) is 17.8. The second kappa shape index (κ2) is 8.96. The maximum Gasteiger partial charge on any atom is 0.251 e. The van der Waals surface area contributed by atoms with Gasteiger partial charge in [0.05, 0.1) is 6.61 Å². The third kappa shape index (κ3) is 4.16. The molecule has 7 heteroatoms. The molecule has 0 bridgehead atoms. The smallest absolute Gasteiger partial charge is 0.251 e.